The van der Waals surface area contributed by atoms with Gasteiger partial charge in [0.15, 0.2) is 6.10 Å². The Labute approximate surface area is 67.5 Å². The average Bonchev–Trinajstić information content (AvgIpc) is 1.85. The van der Waals surface area contributed by atoms with Gasteiger partial charge in [0.25, 0.3) is 5.91 Å². The summed E-state index contributed by atoms with van der Waals surface area (Å²) in [6.45, 7) is 1.35. The Balaban J connectivity index is 3.72. The Bertz CT molecular complexity index is 149. The van der Waals surface area contributed by atoms with E-state index < -0.39 is 17.4 Å². The first-order valence-corrected chi connectivity index (χ1v) is 3.10. The van der Waals surface area contributed by atoms with E-state index in [4.69, 9.17) is 23.4 Å². The predicted molar refractivity (Wildman–Crippen MR) is 35.8 cm³/mol. The van der Waals surface area contributed by atoms with Crippen LogP contribution in [0, 0.1) is 0 Å². The van der Waals surface area contributed by atoms with Crippen LogP contribution >= 0.6 is 23.4 Å². The number of rotatable bonds is 2. The van der Waals surface area contributed by atoms with Crippen LogP contribution in [0.1, 0.15) is 6.92 Å². The molecule has 0 rings (SSSR count). The third-order valence-electron chi connectivity index (χ3n) is 0.732. The summed E-state index contributed by atoms with van der Waals surface area (Å²) < 4.78 is 4.23. The second-order valence-corrected chi connectivity index (χ2v) is 1.95. The summed E-state index contributed by atoms with van der Waals surface area (Å²) in [6.07, 6.45) is -0.956. The molecular formula is C4H5Cl2NO3. The highest BCUT2D eigenvalue weighted by atomic mass is 35.5. The summed E-state index contributed by atoms with van der Waals surface area (Å²) >= 11 is 9.69. The zero-order valence-electron chi connectivity index (χ0n) is 5.06. The van der Waals surface area contributed by atoms with E-state index in [9.17, 15) is 9.59 Å². The van der Waals surface area contributed by atoms with Gasteiger partial charge in [-0.25, -0.2) is 4.79 Å². The third-order valence-corrected chi connectivity index (χ3v) is 1.01. The first kappa shape index (κ1) is 9.52. The Morgan fingerprint density at radius 3 is 2.40 bits per heavy atom. The lowest BCUT2D eigenvalue weighted by Gasteiger charge is -2.06. The minimum Gasteiger partial charge on any atom is -0.441 e. The summed E-state index contributed by atoms with van der Waals surface area (Å²) in [5, 5.41) is 0. The standard InChI is InChI=1S/C4H5Cl2NO3/c1-2(3(8)7-6)10-4(5)9/h2H,1H3,(H,7,8). The van der Waals surface area contributed by atoms with Crippen molar-refractivity contribution < 1.29 is 14.3 Å². The van der Waals surface area contributed by atoms with Crippen LogP contribution < -0.4 is 4.84 Å². The lowest BCUT2D eigenvalue weighted by atomic mass is 10.4. The summed E-state index contributed by atoms with van der Waals surface area (Å²) in [7, 11) is 0. The molecule has 0 heterocycles. The molecule has 4 nitrogen and oxygen atoms in total. The Hall–Kier alpha value is -0.480. The molecule has 0 radical (unpaired) electrons. The molecule has 0 bridgehead atoms. The SMILES string of the molecule is CC(OC(=O)Cl)C(=O)NCl. The van der Waals surface area contributed by atoms with Crippen molar-refractivity contribution in [2.75, 3.05) is 0 Å². The molecule has 0 aliphatic rings. The van der Waals surface area contributed by atoms with Crippen molar-refractivity contribution in [3.8, 4) is 0 Å². The largest absolute Gasteiger partial charge is 0.441 e. The molecule has 1 amide bonds. The molecule has 0 aromatic rings. The maximum absolute atomic E-state index is 10.5. The Kier molecular flexibility index (Phi) is 4.14. The Morgan fingerprint density at radius 2 is 2.10 bits per heavy atom. The van der Waals surface area contributed by atoms with Gasteiger partial charge in [-0.05, 0) is 6.92 Å². The molecule has 1 N–H and O–H groups in total. The van der Waals surface area contributed by atoms with Gasteiger partial charge in [0.05, 0.1) is 0 Å². The molecule has 0 fully saturated rings. The number of nitrogens with one attached hydrogen (secondary N) is 1. The topological polar surface area (TPSA) is 55.4 Å². The van der Waals surface area contributed by atoms with Crippen molar-refractivity contribution in [1.29, 1.82) is 0 Å². The van der Waals surface area contributed by atoms with Crippen molar-refractivity contribution in [2.24, 2.45) is 0 Å². The monoisotopic (exact) mass is 185 g/mol. The highest BCUT2D eigenvalue weighted by Gasteiger charge is 2.14. The van der Waals surface area contributed by atoms with E-state index in [1.54, 1.807) is 4.84 Å². The van der Waals surface area contributed by atoms with Gasteiger partial charge in [0.2, 0.25) is 0 Å². The number of carbonyl (C=O) groups excluding carboxylic acids is 2. The van der Waals surface area contributed by atoms with E-state index in [0.717, 1.165) is 0 Å². The summed E-state index contributed by atoms with van der Waals surface area (Å²) in [5.41, 5.74) is -1.03. The smallest absolute Gasteiger partial charge is 0.404 e. The van der Waals surface area contributed by atoms with Gasteiger partial charge < -0.3 is 4.74 Å². The predicted octanol–water partition coefficient (Wildman–Crippen LogP) is 1.02. The minimum absolute atomic E-state index is 0.615. The van der Waals surface area contributed by atoms with E-state index in [2.05, 4.69) is 4.74 Å². The second-order valence-electron chi connectivity index (χ2n) is 1.46. The van der Waals surface area contributed by atoms with E-state index in [1.165, 1.54) is 6.92 Å². The van der Waals surface area contributed by atoms with Gasteiger partial charge in [-0.2, -0.15) is 0 Å². The first-order chi connectivity index (χ1) is 4.57. The van der Waals surface area contributed by atoms with Crippen molar-refractivity contribution in [2.45, 2.75) is 13.0 Å². The van der Waals surface area contributed by atoms with Crippen LogP contribution in [-0.4, -0.2) is 17.4 Å². The number of halogens is 2. The number of amides is 1. The van der Waals surface area contributed by atoms with Gasteiger partial charge in [-0.3, -0.25) is 9.63 Å². The lowest BCUT2D eigenvalue weighted by molar-refractivity contribution is -0.126. The van der Waals surface area contributed by atoms with Crippen molar-refractivity contribution in [1.82, 2.24) is 4.84 Å². The van der Waals surface area contributed by atoms with Crippen molar-refractivity contribution >= 4 is 34.7 Å². The van der Waals surface area contributed by atoms with Gasteiger partial charge in [0.1, 0.15) is 0 Å². The summed E-state index contributed by atoms with van der Waals surface area (Å²) in [6, 6.07) is 0. The van der Waals surface area contributed by atoms with Gasteiger partial charge >= 0.3 is 5.43 Å². The molecule has 1 atom stereocenters. The van der Waals surface area contributed by atoms with Crippen LogP contribution in [0.2, 0.25) is 0 Å². The van der Waals surface area contributed by atoms with Crippen LogP contribution in [0.25, 0.3) is 0 Å². The van der Waals surface area contributed by atoms with Gasteiger partial charge in [-0.15, -0.1) is 0 Å². The molecule has 0 saturated carbocycles. The molecule has 0 aliphatic carbocycles. The number of ether oxygens (including phenoxy) is 1. The quantitative estimate of drug-likeness (QED) is 0.517. The fraction of sp³-hybridized carbons (Fsp3) is 0.500. The van der Waals surface area contributed by atoms with Crippen molar-refractivity contribution in [3.63, 3.8) is 0 Å². The second kappa shape index (κ2) is 4.35. The number of hydrogen-bond donors (Lipinski definition) is 1. The lowest BCUT2D eigenvalue weighted by Crippen LogP contribution is -2.29. The van der Waals surface area contributed by atoms with E-state index in [1.807, 2.05) is 0 Å². The molecule has 10 heavy (non-hydrogen) atoms. The van der Waals surface area contributed by atoms with Crippen LogP contribution in [0.4, 0.5) is 4.79 Å². The average molecular weight is 186 g/mol. The van der Waals surface area contributed by atoms with E-state index in [0.29, 0.717) is 0 Å². The van der Waals surface area contributed by atoms with E-state index >= 15 is 0 Å². The molecule has 1 unspecified atom stereocenters. The van der Waals surface area contributed by atoms with Crippen LogP contribution in [0.15, 0.2) is 0 Å². The van der Waals surface area contributed by atoms with Crippen LogP contribution in [0.5, 0.6) is 0 Å². The highest BCUT2D eigenvalue weighted by Crippen LogP contribution is 1.95. The third kappa shape index (κ3) is 3.53. The van der Waals surface area contributed by atoms with E-state index in [-0.39, 0.29) is 0 Å². The van der Waals surface area contributed by atoms with Gasteiger partial charge in [-0.1, -0.05) is 0 Å². The molecule has 58 valence electrons. The zero-order valence-corrected chi connectivity index (χ0v) is 6.57. The Morgan fingerprint density at radius 1 is 1.60 bits per heavy atom. The molecule has 0 aliphatic heterocycles. The highest BCUT2D eigenvalue weighted by molar-refractivity contribution is 6.61. The fourth-order valence-electron chi connectivity index (χ4n) is 0.269. The van der Waals surface area contributed by atoms with Gasteiger partial charge in [0, 0.05) is 23.4 Å². The van der Waals surface area contributed by atoms with Crippen molar-refractivity contribution in [3.05, 3.63) is 0 Å². The molecule has 0 aromatic heterocycles. The fourth-order valence-corrected chi connectivity index (χ4v) is 0.557. The number of hydrogen-bond acceptors (Lipinski definition) is 3. The van der Waals surface area contributed by atoms with Crippen LogP contribution in [-0.2, 0) is 9.53 Å². The summed E-state index contributed by atoms with van der Waals surface area (Å²) in [5.74, 6) is -0.615. The minimum atomic E-state index is -1.03. The first-order valence-electron chi connectivity index (χ1n) is 2.34. The maximum atomic E-state index is 10.5. The van der Waals surface area contributed by atoms with Crippen LogP contribution in [0.3, 0.4) is 0 Å². The molecule has 0 saturated heterocycles. The maximum Gasteiger partial charge on any atom is 0.404 e. The molecule has 0 aromatic carbocycles. The zero-order chi connectivity index (χ0) is 8.15. The molecule has 0 spiro atoms. The number of carbonyl (C=O) groups is 2. The molecular weight excluding hydrogens is 181 g/mol. The normalized spacial score (nSPS) is 11.9. The molecule has 6 heteroatoms. The summed E-state index contributed by atoms with van der Waals surface area (Å²) in [4.78, 5) is 22.2.